The van der Waals surface area contributed by atoms with E-state index in [4.69, 9.17) is 5.73 Å². The van der Waals surface area contributed by atoms with Gasteiger partial charge in [-0.15, -0.1) is 6.58 Å². The maximum Gasteiger partial charge on any atom is 0.318 e. The molecule has 0 aliphatic carbocycles. The monoisotopic (exact) mass is 262 g/mol. The van der Waals surface area contributed by atoms with Crippen LogP contribution in [0.5, 0.6) is 0 Å². The van der Waals surface area contributed by atoms with E-state index in [0.717, 1.165) is 0 Å². The summed E-state index contributed by atoms with van der Waals surface area (Å²) in [7, 11) is 1.53. The molecule has 0 fully saturated rings. The Labute approximate surface area is 112 Å². The zero-order valence-electron chi connectivity index (χ0n) is 10.8. The van der Waals surface area contributed by atoms with E-state index in [1.807, 2.05) is 0 Å². The van der Waals surface area contributed by atoms with Gasteiger partial charge in [-0.25, -0.2) is 4.79 Å². The van der Waals surface area contributed by atoms with E-state index in [1.165, 1.54) is 7.05 Å². The topological polar surface area (TPSA) is 96.2 Å². The number of carbonyl (C=O) groups excluding carboxylic acids is 2. The van der Waals surface area contributed by atoms with Crippen LogP contribution in [0.4, 0.5) is 16.2 Å². The summed E-state index contributed by atoms with van der Waals surface area (Å²) in [5.41, 5.74) is 6.89. The average molecular weight is 262 g/mol. The van der Waals surface area contributed by atoms with Gasteiger partial charge in [0.2, 0.25) is 5.91 Å². The summed E-state index contributed by atoms with van der Waals surface area (Å²) in [5, 5.41) is 7.74. The fraction of sp³-hybridized carbons (Fsp3) is 0.231. The predicted octanol–water partition coefficient (Wildman–Crippen LogP) is 1.28. The summed E-state index contributed by atoms with van der Waals surface area (Å²) in [6.45, 7) is 3.53. The molecule has 19 heavy (non-hydrogen) atoms. The third-order valence-electron chi connectivity index (χ3n) is 2.39. The summed E-state index contributed by atoms with van der Waals surface area (Å²) in [4.78, 5) is 22.7. The van der Waals surface area contributed by atoms with Crippen molar-refractivity contribution in [1.29, 1.82) is 0 Å². The molecule has 1 unspecified atom stereocenters. The zero-order chi connectivity index (χ0) is 14.3. The lowest BCUT2D eigenvalue weighted by atomic mass is 10.2. The van der Waals surface area contributed by atoms with Gasteiger partial charge in [0.05, 0.1) is 6.04 Å². The van der Waals surface area contributed by atoms with Crippen LogP contribution in [0.15, 0.2) is 36.9 Å². The van der Waals surface area contributed by atoms with Crippen LogP contribution in [0.3, 0.4) is 0 Å². The SMILES string of the molecule is C=CCC(N)C(=O)Nc1ccc(NC(=O)NC)cc1. The summed E-state index contributed by atoms with van der Waals surface area (Å²) < 4.78 is 0. The van der Waals surface area contributed by atoms with Crippen LogP contribution in [0.1, 0.15) is 6.42 Å². The van der Waals surface area contributed by atoms with Crippen molar-refractivity contribution < 1.29 is 9.59 Å². The van der Waals surface area contributed by atoms with Gasteiger partial charge in [0.1, 0.15) is 0 Å². The van der Waals surface area contributed by atoms with Crippen LogP contribution in [-0.4, -0.2) is 25.0 Å². The first-order chi connectivity index (χ1) is 9.06. The van der Waals surface area contributed by atoms with Crippen molar-refractivity contribution in [3.05, 3.63) is 36.9 Å². The summed E-state index contributed by atoms with van der Waals surface area (Å²) in [5.74, 6) is -0.271. The minimum Gasteiger partial charge on any atom is -0.341 e. The fourth-order valence-electron chi connectivity index (χ4n) is 1.35. The maximum atomic E-state index is 11.6. The molecule has 0 saturated carbocycles. The van der Waals surface area contributed by atoms with Gasteiger partial charge in [0.15, 0.2) is 0 Å². The molecule has 1 atom stereocenters. The second kappa shape index (κ2) is 7.17. The number of nitrogens with two attached hydrogens (primary N) is 1. The molecule has 0 radical (unpaired) electrons. The molecule has 1 rings (SSSR count). The molecule has 0 aliphatic rings. The van der Waals surface area contributed by atoms with Crippen LogP contribution in [0, 0.1) is 0 Å². The lowest BCUT2D eigenvalue weighted by Gasteiger charge is -2.11. The van der Waals surface area contributed by atoms with Crippen molar-refractivity contribution in [1.82, 2.24) is 5.32 Å². The number of carbonyl (C=O) groups is 2. The Balaban J connectivity index is 2.59. The van der Waals surface area contributed by atoms with Gasteiger partial charge < -0.3 is 21.7 Å². The zero-order valence-corrected chi connectivity index (χ0v) is 10.8. The highest BCUT2D eigenvalue weighted by molar-refractivity contribution is 5.95. The molecule has 0 aliphatic heterocycles. The average Bonchev–Trinajstić information content (AvgIpc) is 2.41. The third-order valence-corrected chi connectivity index (χ3v) is 2.39. The van der Waals surface area contributed by atoms with E-state index in [2.05, 4.69) is 22.5 Å². The second-order valence-corrected chi connectivity index (χ2v) is 3.90. The lowest BCUT2D eigenvalue weighted by molar-refractivity contribution is -0.117. The molecule has 0 saturated heterocycles. The molecule has 0 heterocycles. The molecule has 6 nitrogen and oxygen atoms in total. The molecular formula is C13H18N4O2. The summed E-state index contributed by atoms with van der Waals surface area (Å²) in [6, 6.07) is 5.83. The third kappa shape index (κ3) is 4.81. The Morgan fingerprint density at radius 1 is 1.26 bits per heavy atom. The molecule has 102 valence electrons. The van der Waals surface area contributed by atoms with Crippen molar-refractivity contribution in [2.75, 3.05) is 17.7 Å². The van der Waals surface area contributed by atoms with Gasteiger partial charge >= 0.3 is 6.03 Å². The Bertz CT molecular complexity index is 456. The van der Waals surface area contributed by atoms with Crippen LogP contribution in [-0.2, 0) is 4.79 Å². The minimum atomic E-state index is -0.610. The van der Waals surface area contributed by atoms with Gasteiger partial charge in [0, 0.05) is 18.4 Å². The van der Waals surface area contributed by atoms with Gasteiger partial charge in [-0.3, -0.25) is 4.79 Å². The van der Waals surface area contributed by atoms with Crippen LogP contribution in [0.25, 0.3) is 0 Å². The van der Waals surface area contributed by atoms with E-state index < -0.39 is 6.04 Å². The van der Waals surface area contributed by atoms with Crippen molar-refractivity contribution in [3.8, 4) is 0 Å². The van der Waals surface area contributed by atoms with Gasteiger partial charge in [-0.1, -0.05) is 6.08 Å². The molecule has 1 aromatic carbocycles. The smallest absolute Gasteiger partial charge is 0.318 e. The van der Waals surface area contributed by atoms with E-state index in [-0.39, 0.29) is 11.9 Å². The standard InChI is InChI=1S/C13H18N4O2/c1-3-4-11(14)12(18)16-9-5-7-10(8-6-9)17-13(19)15-2/h3,5-8,11H,1,4,14H2,2H3,(H,16,18)(H2,15,17,19). The molecule has 0 bridgehead atoms. The summed E-state index contributed by atoms with van der Waals surface area (Å²) in [6.07, 6.45) is 2.02. The quantitative estimate of drug-likeness (QED) is 0.602. The fourth-order valence-corrected chi connectivity index (χ4v) is 1.35. The van der Waals surface area contributed by atoms with Crippen molar-refractivity contribution in [2.45, 2.75) is 12.5 Å². The van der Waals surface area contributed by atoms with Gasteiger partial charge in [0.25, 0.3) is 0 Å². The van der Waals surface area contributed by atoms with Crippen molar-refractivity contribution >= 4 is 23.3 Å². The van der Waals surface area contributed by atoms with E-state index in [1.54, 1.807) is 30.3 Å². The number of hydrogen-bond acceptors (Lipinski definition) is 3. The molecule has 1 aromatic rings. The van der Waals surface area contributed by atoms with E-state index >= 15 is 0 Å². The van der Waals surface area contributed by atoms with Crippen molar-refractivity contribution in [3.63, 3.8) is 0 Å². The largest absolute Gasteiger partial charge is 0.341 e. The van der Waals surface area contributed by atoms with Crippen LogP contribution < -0.4 is 21.7 Å². The second-order valence-electron chi connectivity index (χ2n) is 3.90. The highest BCUT2D eigenvalue weighted by atomic mass is 16.2. The van der Waals surface area contributed by atoms with Crippen molar-refractivity contribution in [2.24, 2.45) is 5.73 Å². The maximum absolute atomic E-state index is 11.6. The molecule has 6 heteroatoms. The van der Waals surface area contributed by atoms with E-state index in [0.29, 0.717) is 17.8 Å². The minimum absolute atomic E-state index is 0.271. The number of benzene rings is 1. The highest BCUT2D eigenvalue weighted by Crippen LogP contribution is 2.13. The first-order valence-corrected chi connectivity index (χ1v) is 5.83. The number of nitrogens with one attached hydrogen (secondary N) is 3. The number of amides is 3. The first kappa shape index (κ1) is 14.7. The molecule has 0 spiro atoms. The van der Waals surface area contributed by atoms with Gasteiger partial charge in [-0.2, -0.15) is 0 Å². The number of hydrogen-bond donors (Lipinski definition) is 4. The number of rotatable bonds is 5. The summed E-state index contributed by atoms with van der Waals surface area (Å²) >= 11 is 0. The first-order valence-electron chi connectivity index (χ1n) is 5.83. The predicted molar refractivity (Wildman–Crippen MR) is 75.9 cm³/mol. The Hall–Kier alpha value is -2.34. The molecule has 5 N–H and O–H groups in total. The Morgan fingerprint density at radius 2 is 1.79 bits per heavy atom. The Morgan fingerprint density at radius 3 is 2.26 bits per heavy atom. The highest BCUT2D eigenvalue weighted by Gasteiger charge is 2.11. The lowest BCUT2D eigenvalue weighted by Crippen LogP contribution is -2.35. The number of urea groups is 1. The van der Waals surface area contributed by atoms with Gasteiger partial charge in [-0.05, 0) is 30.7 Å². The molecular weight excluding hydrogens is 244 g/mol. The molecule has 0 aromatic heterocycles. The van der Waals surface area contributed by atoms with Crippen LogP contribution in [0.2, 0.25) is 0 Å². The van der Waals surface area contributed by atoms with Crippen LogP contribution >= 0.6 is 0 Å². The normalized spacial score (nSPS) is 11.3. The van der Waals surface area contributed by atoms with E-state index in [9.17, 15) is 9.59 Å². The Kier molecular flexibility index (Phi) is 5.56. The number of anilines is 2. The molecule has 3 amide bonds.